The number of hydrogen-bond donors (Lipinski definition) is 3. The zero-order chi connectivity index (χ0) is 18.1. The van der Waals surface area contributed by atoms with E-state index < -0.39 is 39.0 Å². The Morgan fingerprint density at radius 2 is 1.91 bits per heavy atom. The number of ether oxygens (including phenoxy) is 2. The summed E-state index contributed by atoms with van der Waals surface area (Å²) in [6, 6.07) is 0. The second-order valence-electron chi connectivity index (χ2n) is 6.31. The molecule has 1 rings (SSSR count). The lowest BCUT2D eigenvalue weighted by Gasteiger charge is -2.44. The van der Waals surface area contributed by atoms with Crippen LogP contribution in [0.1, 0.15) is 33.1 Å². The first-order chi connectivity index (χ1) is 10.2. The van der Waals surface area contributed by atoms with Crippen LogP contribution in [0.3, 0.4) is 0 Å². The van der Waals surface area contributed by atoms with Gasteiger partial charge in [0.2, 0.25) is 11.6 Å². The van der Waals surface area contributed by atoms with Crippen LogP contribution in [0.2, 0.25) is 0 Å². The van der Waals surface area contributed by atoms with E-state index in [-0.39, 0.29) is 25.0 Å². The lowest BCUT2D eigenvalue weighted by atomic mass is 9.98. The van der Waals surface area contributed by atoms with Gasteiger partial charge < -0.3 is 24.8 Å². The number of aliphatic hydroxyl groups is 3. The van der Waals surface area contributed by atoms with E-state index in [2.05, 4.69) is 0 Å². The van der Waals surface area contributed by atoms with E-state index in [9.17, 15) is 23.7 Å². The van der Waals surface area contributed by atoms with E-state index >= 15 is 0 Å². The predicted molar refractivity (Wildman–Crippen MR) is 84.1 cm³/mol. The Balaban J connectivity index is 2.85. The minimum Gasteiger partial charge on any atom is -0.361 e. The third kappa shape index (κ3) is 5.38. The summed E-state index contributed by atoms with van der Waals surface area (Å²) in [5, 5.41) is 30.1. The Hall–Kier alpha value is 0.290. The van der Waals surface area contributed by atoms with E-state index in [1.54, 1.807) is 13.8 Å². The van der Waals surface area contributed by atoms with Crippen LogP contribution in [0.25, 0.3) is 0 Å². The third-order valence-corrected chi connectivity index (χ3v) is 6.41. The molecule has 1 heterocycles. The van der Waals surface area contributed by atoms with Crippen molar-refractivity contribution in [1.29, 1.82) is 0 Å². The lowest BCUT2D eigenvalue weighted by Crippen LogP contribution is -2.64. The molecule has 0 unspecified atom stereocenters. The van der Waals surface area contributed by atoms with Gasteiger partial charge in [-0.15, -0.1) is 3.94 Å². The molecule has 11 heteroatoms. The fourth-order valence-electron chi connectivity index (χ4n) is 2.06. The largest absolute Gasteiger partial charge is 0.361 e. The molecule has 0 aromatic rings. The van der Waals surface area contributed by atoms with E-state index in [1.165, 1.54) is 7.11 Å². The van der Waals surface area contributed by atoms with Crippen molar-refractivity contribution in [3.63, 3.8) is 0 Å². The standard InChI is InChI=1S/C12H23Cl2NO7S/c1-10(2,15(13)14)6-7-23(19,20)8-12(18)11(16,17)5-4-9(21-3)22-12/h9,16-18H,4-8H2,1-3H3/t9-,12+/m0/s1. The number of rotatable bonds is 7. The Morgan fingerprint density at radius 1 is 1.35 bits per heavy atom. The zero-order valence-corrected chi connectivity index (χ0v) is 15.5. The first-order valence-electron chi connectivity index (χ1n) is 6.95. The predicted octanol–water partition coefficient (Wildman–Crippen LogP) is 0.332. The fraction of sp³-hybridized carbons (Fsp3) is 1.00. The summed E-state index contributed by atoms with van der Waals surface area (Å²) in [4.78, 5) is 0. The maximum absolute atomic E-state index is 12.2. The van der Waals surface area contributed by atoms with Gasteiger partial charge in [-0.3, -0.25) is 0 Å². The van der Waals surface area contributed by atoms with Gasteiger partial charge in [0.1, 0.15) is 5.75 Å². The van der Waals surface area contributed by atoms with Crippen molar-refractivity contribution in [3.8, 4) is 0 Å². The molecule has 2 atom stereocenters. The second kappa shape index (κ2) is 7.27. The Morgan fingerprint density at radius 3 is 2.39 bits per heavy atom. The Bertz CT molecular complexity index is 512. The van der Waals surface area contributed by atoms with Crippen LogP contribution < -0.4 is 0 Å². The Kier molecular flexibility index (Phi) is 6.74. The van der Waals surface area contributed by atoms with E-state index in [0.29, 0.717) is 0 Å². The summed E-state index contributed by atoms with van der Waals surface area (Å²) in [7, 11) is -2.60. The van der Waals surface area contributed by atoms with Gasteiger partial charge in [-0.05, 0) is 43.8 Å². The number of sulfone groups is 1. The SMILES string of the molecule is CO[C@@H]1CCC(O)(O)[C@@](O)(CS(=O)(=O)CCC(C)(C)N(Cl)Cl)O1. The van der Waals surface area contributed by atoms with Crippen molar-refractivity contribution in [3.05, 3.63) is 0 Å². The van der Waals surface area contributed by atoms with Gasteiger partial charge in [-0.2, -0.15) is 0 Å². The minimum atomic E-state index is -3.90. The number of nitrogens with zero attached hydrogens (tertiary/aromatic N) is 1. The molecule has 0 aromatic carbocycles. The molecular weight excluding hydrogens is 373 g/mol. The molecule has 0 aliphatic carbocycles. The summed E-state index contributed by atoms with van der Waals surface area (Å²) in [5.41, 5.74) is -0.823. The van der Waals surface area contributed by atoms with Crippen LogP contribution in [-0.4, -0.2) is 69.7 Å². The van der Waals surface area contributed by atoms with Crippen LogP contribution in [0.5, 0.6) is 0 Å². The van der Waals surface area contributed by atoms with Gasteiger partial charge in [0.25, 0.3) is 0 Å². The van der Waals surface area contributed by atoms with Crippen LogP contribution in [-0.2, 0) is 19.3 Å². The van der Waals surface area contributed by atoms with Crippen molar-refractivity contribution in [2.75, 3.05) is 18.6 Å². The minimum absolute atomic E-state index is 0.0655. The summed E-state index contributed by atoms with van der Waals surface area (Å²) in [6.45, 7) is 3.27. The van der Waals surface area contributed by atoms with Crippen molar-refractivity contribution in [2.45, 2.75) is 56.5 Å². The average Bonchev–Trinajstić information content (AvgIpc) is 2.39. The molecule has 23 heavy (non-hydrogen) atoms. The fourth-order valence-corrected chi connectivity index (χ4v) is 4.08. The Labute approximate surface area is 146 Å². The van der Waals surface area contributed by atoms with Crippen LogP contribution in [0, 0.1) is 0 Å². The second-order valence-corrected chi connectivity index (χ2v) is 9.34. The maximum atomic E-state index is 12.2. The van der Waals surface area contributed by atoms with Crippen molar-refractivity contribution in [2.24, 2.45) is 0 Å². The van der Waals surface area contributed by atoms with E-state index in [0.717, 1.165) is 3.94 Å². The molecule has 0 amide bonds. The molecular formula is C12H23Cl2NO7S. The van der Waals surface area contributed by atoms with Crippen molar-refractivity contribution in [1.82, 2.24) is 3.94 Å². The molecule has 0 aromatic heterocycles. The highest BCUT2D eigenvalue weighted by Gasteiger charge is 2.56. The summed E-state index contributed by atoms with van der Waals surface area (Å²) in [6.07, 6.45) is -1.05. The van der Waals surface area contributed by atoms with Crippen LogP contribution in [0.15, 0.2) is 0 Å². The monoisotopic (exact) mass is 395 g/mol. The molecule has 1 saturated heterocycles. The molecule has 8 nitrogen and oxygen atoms in total. The summed E-state index contributed by atoms with van der Waals surface area (Å²) in [5.74, 6) is -6.75. The molecule has 138 valence electrons. The van der Waals surface area contributed by atoms with Crippen molar-refractivity contribution < 1.29 is 33.2 Å². The molecule has 1 fully saturated rings. The topological polar surface area (TPSA) is 117 Å². The van der Waals surface area contributed by atoms with Gasteiger partial charge in [-0.25, -0.2) is 8.42 Å². The zero-order valence-electron chi connectivity index (χ0n) is 13.2. The lowest BCUT2D eigenvalue weighted by molar-refractivity contribution is -0.419. The number of hydrogen-bond acceptors (Lipinski definition) is 8. The third-order valence-electron chi connectivity index (χ3n) is 3.84. The molecule has 1 aliphatic heterocycles. The van der Waals surface area contributed by atoms with Gasteiger partial charge >= 0.3 is 0 Å². The molecule has 3 N–H and O–H groups in total. The molecule has 0 radical (unpaired) electrons. The first kappa shape index (κ1) is 21.3. The van der Waals surface area contributed by atoms with Gasteiger partial charge in [-0.1, -0.05) is 0 Å². The van der Waals surface area contributed by atoms with Crippen molar-refractivity contribution >= 4 is 33.4 Å². The van der Waals surface area contributed by atoms with Crippen LogP contribution in [0.4, 0.5) is 0 Å². The average molecular weight is 396 g/mol. The molecule has 0 bridgehead atoms. The normalized spacial score (nSPS) is 29.0. The summed E-state index contributed by atoms with van der Waals surface area (Å²) < 4.78 is 35.3. The number of methoxy groups -OCH3 is 1. The van der Waals surface area contributed by atoms with Gasteiger partial charge in [0.15, 0.2) is 16.1 Å². The van der Waals surface area contributed by atoms with Crippen LogP contribution >= 0.6 is 23.6 Å². The maximum Gasteiger partial charge on any atom is 0.237 e. The highest BCUT2D eigenvalue weighted by Crippen LogP contribution is 2.36. The van der Waals surface area contributed by atoms with E-state index in [1.807, 2.05) is 0 Å². The quantitative estimate of drug-likeness (QED) is 0.417. The molecule has 0 saturated carbocycles. The highest BCUT2D eigenvalue weighted by atomic mass is 35.5. The first-order valence-corrected chi connectivity index (χ1v) is 9.44. The highest BCUT2D eigenvalue weighted by molar-refractivity contribution is 7.91. The summed E-state index contributed by atoms with van der Waals surface area (Å²) >= 11 is 11.3. The van der Waals surface area contributed by atoms with Gasteiger partial charge in [0.05, 0.1) is 5.75 Å². The van der Waals surface area contributed by atoms with E-state index in [4.69, 9.17) is 33.0 Å². The number of halogens is 2. The molecule has 1 aliphatic rings. The molecule has 0 spiro atoms. The smallest absolute Gasteiger partial charge is 0.237 e. The van der Waals surface area contributed by atoms with Gasteiger partial charge in [0, 0.05) is 25.5 Å².